The van der Waals surface area contributed by atoms with E-state index >= 15 is 0 Å². The zero-order chi connectivity index (χ0) is 29.1. The standard InChI is InChI=1S/C29H30F3N7O2/c1-16(2)37-14-22(29(30,31)32)35-27(37)20-9-5-18(6-10-20)17(3)39-23-13-21(36-38(23)12-11-24(39)40)25-26(19-7-8-19)33-15-34-28(25)41-4/h5-6,9-10,13-17,19H,7-8,11-12H2,1-4H3/t17-/m1/s1. The van der Waals surface area contributed by atoms with Crippen LogP contribution in [0.1, 0.15) is 75.0 Å². The highest BCUT2D eigenvalue weighted by Gasteiger charge is 2.36. The van der Waals surface area contributed by atoms with Crippen LogP contribution in [0.25, 0.3) is 22.6 Å². The van der Waals surface area contributed by atoms with Gasteiger partial charge in [-0.3, -0.25) is 9.69 Å². The Kier molecular flexibility index (Phi) is 6.58. The van der Waals surface area contributed by atoms with Crippen LogP contribution in [0.3, 0.4) is 0 Å². The van der Waals surface area contributed by atoms with Gasteiger partial charge in [-0.15, -0.1) is 0 Å². The van der Waals surface area contributed by atoms with Gasteiger partial charge in [-0.25, -0.2) is 19.6 Å². The summed E-state index contributed by atoms with van der Waals surface area (Å²) in [6.07, 6.45) is 0.407. The van der Waals surface area contributed by atoms with Crippen molar-refractivity contribution in [1.82, 2.24) is 29.3 Å². The number of hydrogen-bond acceptors (Lipinski definition) is 6. The van der Waals surface area contributed by atoms with Crippen LogP contribution in [0.15, 0.2) is 42.9 Å². The number of carbonyl (C=O) groups excluding carboxylic acids is 1. The number of aryl methyl sites for hydroxylation is 1. The van der Waals surface area contributed by atoms with Crippen LogP contribution in [0.4, 0.5) is 19.0 Å². The molecule has 9 nitrogen and oxygen atoms in total. The monoisotopic (exact) mass is 565 g/mol. The molecule has 0 unspecified atom stereocenters. The average Bonchev–Trinajstić information content (AvgIpc) is 3.53. The number of hydrogen-bond donors (Lipinski definition) is 0. The lowest BCUT2D eigenvalue weighted by Crippen LogP contribution is -2.39. The van der Waals surface area contributed by atoms with Crippen molar-refractivity contribution in [2.24, 2.45) is 0 Å². The molecule has 0 N–H and O–H groups in total. The Bertz CT molecular complexity index is 1600. The van der Waals surface area contributed by atoms with Gasteiger partial charge in [0, 0.05) is 36.2 Å². The molecule has 0 saturated heterocycles. The van der Waals surface area contributed by atoms with E-state index in [9.17, 15) is 18.0 Å². The fraction of sp³-hybridized carbons (Fsp3) is 0.414. The number of benzene rings is 1. The Morgan fingerprint density at radius 1 is 1.07 bits per heavy atom. The van der Waals surface area contributed by atoms with Crippen molar-refractivity contribution >= 4 is 11.7 Å². The molecule has 12 heteroatoms. The van der Waals surface area contributed by atoms with E-state index in [1.807, 2.05) is 43.7 Å². The Labute approximate surface area is 235 Å². The summed E-state index contributed by atoms with van der Waals surface area (Å²) in [6.45, 7) is 6.00. The third-order valence-corrected chi connectivity index (χ3v) is 7.68. The average molecular weight is 566 g/mol. The molecular weight excluding hydrogens is 535 g/mol. The smallest absolute Gasteiger partial charge is 0.434 e. The van der Waals surface area contributed by atoms with Crippen molar-refractivity contribution in [2.75, 3.05) is 12.0 Å². The summed E-state index contributed by atoms with van der Waals surface area (Å²) in [5.74, 6) is 1.66. The van der Waals surface area contributed by atoms with Gasteiger partial charge < -0.3 is 9.30 Å². The number of halogens is 3. The van der Waals surface area contributed by atoms with E-state index in [-0.39, 0.29) is 23.8 Å². The molecule has 214 valence electrons. The van der Waals surface area contributed by atoms with E-state index in [2.05, 4.69) is 15.0 Å². The number of imidazole rings is 1. The highest BCUT2D eigenvalue weighted by atomic mass is 19.4. The van der Waals surface area contributed by atoms with Gasteiger partial charge in [-0.2, -0.15) is 18.3 Å². The summed E-state index contributed by atoms with van der Waals surface area (Å²) in [7, 11) is 1.57. The summed E-state index contributed by atoms with van der Waals surface area (Å²) >= 11 is 0. The van der Waals surface area contributed by atoms with Crippen LogP contribution >= 0.6 is 0 Å². The first-order valence-corrected chi connectivity index (χ1v) is 13.6. The molecule has 0 radical (unpaired) electrons. The SMILES string of the molecule is COc1ncnc(C2CC2)c1-c1cc2n(n1)CCC(=O)N2[C@H](C)c1ccc(-c2nc(C(F)(F)F)cn2C(C)C)cc1. The minimum absolute atomic E-state index is 0.0376. The summed E-state index contributed by atoms with van der Waals surface area (Å²) in [6, 6.07) is 8.48. The summed E-state index contributed by atoms with van der Waals surface area (Å²) < 4.78 is 49.0. The lowest BCUT2D eigenvalue weighted by Gasteiger charge is -2.33. The van der Waals surface area contributed by atoms with Gasteiger partial charge in [-0.1, -0.05) is 24.3 Å². The first-order chi connectivity index (χ1) is 19.6. The molecule has 1 amide bonds. The predicted octanol–water partition coefficient (Wildman–Crippen LogP) is 6.19. The van der Waals surface area contributed by atoms with Crippen molar-refractivity contribution in [3.8, 4) is 28.5 Å². The van der Waals surface area contributed by atoms with Crippen molar-refractivity contribution in [3.63, 3.8) is 0 Å². The predicted molar refractivity (Wildman–Crippen MR) is 145 cm³/mol. The zero-order valence-corrected chi connectivity index (χ0v) is 23.2. The molecule has 4 heterocycles. The largest absolute Gasteiger partial charge is 0.480 e. The van der Waals surface area contributed by atoms with E-state index in [4.69, 9.17) is 9.84 Å². The van der Waals surface area contributed by atoms with Crippen molar-refractivity contribution in [3.05, 3.63) is 59.8 Å². The number of aromatic nitrogens is 6. The molecule has 1 saturated carbocycles. The van der Waals surface area contributed by atoms with Gasteiger partial charge in [0.25, 0.3) is 0 Å². The molecule has 4 aromatic rings. The van der Waals surface area contributed by atoms with Crippen LogP contribution in [0.2, 0.25) is 0 Å². The number of methoxy groups -OCH3 is 1. The maximum Gasteiger partial charge on any atom is 0.434 e. The Morgan fingerprint density at radius 3 is 2.44 bits per heavy atom. The quantitative estimate of drug-likeness (QED) is 0.266. The molecule has 1 aromatic carbocycles. The minimum Gasteiger partial charge on any atom is -0.480 e. The van der Waals surface area contributed by atoms with Crippen LogP contribution in [0.5, 0.6) is 5.88 Å². The summed E-state index contributed by atoms with van der Waals surface area (Å²) in [5.41, 5.74) is 2.78. The maximum atomic E-state index is 13.4. The van der Waals surface area contributed by atoms with E-state index < -0.39 is 11.9 Å². The molecule has 1 aliphatic carbocycles. The van der Waals surface area contributed by atoms with Crippen molar-refractivity contribution in [1.29, 1.82) is 0 Å². The fourth-order valence-corrected chi connectivity index (χ4v) is 5.39. The third kappa shape index (κ3) is 4.85. The van der Waals surface area contributed by atoms with Gasteiger partial charge in [0.05, 0.1) is 31.0 Å². The van der Waals surface area contributed by atoms with Gasteiger partial charge in [0.15, 0.2) is 5.69 Å². The number of fused-ring (bicyclic) bond motifs is 1. The number of rotatable bonds is 7. The Hall–Kier alpha value is -4.22. The number of amides is 1. The van der Waals surface area contributed by atoms with Crippen LogP contribution < -0.4 is 9.64 Å². The second kappa shape index (κ2) is 10.0. The highest BCUT2D eigenvalue weighted by molar-refractivity contribution is 5.95. The highest BCUT2D eigenvalue weighted by Crippen LogP contribution is 2.46. The molecule has 2 aliphatic rings. The fourth-order valence-electron chi connectivity index (χ4n) is 5.39. The molecule has 41 heavy (non-hydrogen) atoms. The second-order valence-electron chi connectivity index (χ2n) is 10.8. The van der Waals surface area contributed by atoms with E-state index in [0.29, 0.717) is 41.8 Å². The number of ether oxygens (including phenoxy) is 1. The second-order valence-corrected chi connectivity index (χ2v) is 10.8. The van der Waals surface area contributed by atoms with Gasteiger partial charge in [-0.05, 0) is 39.2 Å². The Morgan fingerprint density at radius 2 is 1.80 bits per heavy atom. The number of alkyl halides is 3. The molecule has 0 spiro atoms. The third-order valence-electron chi connectivity index (χ3n) is 7.68. The lowest BCUT2D eigenvalue weighted by atomic mass is 10.0. The van der Waals surface area contributed by atoms with Gasteiger partial charge in [0.1, 0.15) is 23.7 Å². The first kappa shape index (κ1) is 27.0. The lowest BCUT2D eigenvalue weighted by molar-refractivity contribution is -0.141. The Balaban J connectivity index is 1.33. The molecule has 1 atom stereocenters. The zero-order valence-electron chi connectivity index (χ0n) is 23.2. The molecule has 1 aliphatic heterocycles. The van der Waals surface area contributed by atoms with Crippen molar-refractivity contribution < 1.29 is 22.7 Å². The van der Waals surface area contributed by atoms with Crippen LogP contribution in [-0.4, -0.2) is 42.3 Å². The van der Waals surface area contributed by atoms with E-state index in [0.717, 1.165) is 35.9 Å². The van der Waals surface area contributed by atoms with E-state index in [1.54, 1.807) is 24.1 Å². The first-order valence-electron chi connectivity index (χ1n) is 13.6. The number of nitrogens with zero attached hydrogens (tertiary/aromatic N) is 7. The van der Waals surface area contributed by atoms with Crippen LogP contribution in [-0.2, 0) is 17.5 Å². The minimum atomic E-state index is -4.53. The molecular formula is C29H30F3N7O2. The van der Waals surface area contributed by atoms with Gasteiger partial charge >= 0.3 is 6.18 Å². The van der Waals surface area contributed by atoms with Gasteiger partial charge in [0.2, 0.25) is 11.8 Å². The normalized spacial score (nSPS) is 16.3. The molecule has 1 fully saturated rings. The molecule has 0 bridgehead atoms. The molecule has 6 rings (SSSR count). The number of carbonyl (C=O) groups is 1. The summed E-state index contributed by atoms with van der Waals surface area (Å²) in [5, 5.41) is 4.82. The topological polar surface area (TPSA) is 91.0 Å². The van der Waals surface area contributed by atoms with E-state index in [1.165, 1.54) is 10.9 Å². The van der Waals surface area contributed by atoms with Crippen molar-refractivity contribution in [2.45, 2.75) is 70.8 Å². The maximum absolute atomic E-state index is 13.4. The number of anilines is 1. The molecule has 3 aromatic heterocycles. The summed E-state index contributed by atoms with van der Waals surface area (Å²) in [4.78, 5) is 27.7. The van der Waals surface area contributed by atoms with Crippen LogP contribution in [0, 0.1) is 0 Å².